The molecule has 0 heterocycles. The molecule has 0 amide bonds. The summed E-state index contributed by atoms with van der Waals surface area (Å²) in [6, 6.07) is 0. The molecule has 2 unspecified atom stereocenters. The second-order valence-corrected chi connectivity index (χ2v) is 10.2. The second-order valence-electron chi connectivity index (χ2n) is 10.2. The summed E-state index contributed by atoms with van der Waals surface area (Å²) in [4.78, 5) is 11.0. The van der Waals surface area contributed by atoms with Gasteiger partial charge in [0, 0.05) is 6.42 Å². The van der Waals surface area contributed by atoms with Gasteiger partial charge in [0.25, 0.3) is 0 Å². The van der Waals surface area contributed by atoms with Gasteiger partial charge in [0.05, 0.1) is 0 Å². The van der Waals surface area contributed by atoms with Crippen LogP contribution in [0.2, 0.25) is 0 Å². The zero-order valence-electron chi connectivity index (χ0n) is 20.7. The summed E-state index contributed by atoms with van der Waals surface area (Å²) >= 11 is 0. The van der Waals surface area contributed by atoms with Crippen LogP contribution in [0.25, 0.3) is 0 Å². The fourth-order valence-electron chi connectivity index (χ4n) is 4.73. The molecule has 0 aromatic carbocycles. The number of carboxylic acid groups (broad SMARTS) is 1. The molecule has 0 radical (unpaired) electrons. The van der Waals surface area contributed by atoms with Gasteiger partial charge < -0.3 is 5.11 Å². The Morgan fingerprint density at radius 1 is 0.690 bits per heavy atom. The molecule has 0 saturated carbocycles. The van der Waals surface area contributed by atoms with E-state index in [-0.39, 0.29) is 0 Å². The maximum atomic E-state index is 11.0. The Labute approximate surface area is 183 Å². The topological polar surface area (TPSA) is 37.3 Å². The summed E-state index contributed by atoms with van der Waals surface area (Å²) in [6.45, 7) is 11.9. The molecule has 0 bridgehead atoms. The van der Waals surface area contributed by atoms with Crippen LogP contribution in [0, 0.1) is 17.3 Å². The van der Waals surface area contributed by atoms with Crippen molar-refractivity contribution >= 4 is 5.97 Å². The Morgan fingerprint density at radius 3 is 1.62 bits per heavy atom. The number of rotatable bonds is 21. The van der Waals surface area contributed by atoms with Crippen LogP contribution >= 0.6 is 0 Å². The molecule has 0 aliphatic carbocycles. The molecule has 29 heavy (non-hydrogen) atoms. The van der Waals surface area contributed by atoms with Crippen LogP contribution in [-0.2, 0) is 4.79 Å². The van der Waals surface area contributed by atoms with Crippen LogP contribution < -0.4 is 0 Å². The van der Waals surface area contributed by atoms with Crippen molar-refractivity contribution in [1.82, 2.24) is 0 Å². The largest absolute Gasteiger partial charge is 0.481 e. The summed E-state index contributed by atoms with van der Waals surface area (Å²) in [7, 11) is 0. The van der Waals surface area contributed by atoms with Crippen molar-refractivity contribution in [3.8, 4) is 0 Å². The highest BCUT2D eigenvalue weighted by Crippen LogP contribution is 2.43. The molecule has 2 atom stereocenters. The molecule has 174 valence electrons. The lowest BCUT2D eigenvalue weighted by atomic mass is 9.65. The van der Waals surface area contributed by atoms with Gasteiger partial charge in [-0.1, -0.05) is 125 Å². The van der Waals surface area contributed by atoms with Crippen LogP contribution in [0.3, 0.4) is 0 Å². The summed E-state index contributed by atoms with van der Waals surface area (Å²) in [5.41, 5.74) is 0.312. The lowest BCUT2D eigenvalue weighted by Gasteiger charge is -2.40. The molecule has 0 aliphatic rings. The van der Waals surface area contributed by atoms with Crippen LogP contribution in [0.15, 0.2) is 0 Å². The van der Waals surface area contributed by atoms with E-state index in [2.05, 4.69) is 34.6 Å². The van der Waals surface area contributed by atoms with Crippen molar-refractivity contribution in [2.24, 2.45) is 17.3 Å². The number of hydrogen-bond acceptors (Lipinski definition) is 1. The number of unbranched alkanes of at least 4 members (excludes halogenated alkanes) is 11. The van der Waals surface area contributed by atoms with Crippen molar-refractivity contribution in [2.75, 3.05) is 0 Å². The first kappa shape index (κ1) is 28.5. The quantitative estimate of drug-likeness (QED) is 0.191. The highest BCUT2D eigenvalue weighted by Gasteiger charge is 2.33. The Morgan fingerprint density at radius 2 is 1.14 bits per heavy atom. The van der Waals surface area contributed by atoms with E-state index in [1.165, 1.54) is 96.3 Å². The highest BCUT2D eigenvalue weighted by molar-refractivity contribution is 5.66. The first-order chi connectivity index (χ1) is 13.9. The third kappa shape index (κ3) is 15.0. The maximum Gasteiger partial charge on any atom is 0.303 e. The van der Waals surface area contributed by atoms with E-state index in [1.807, 2.05) is 0 Å². The van der Waals surface area contributed by atoms with Crippen LogP contribution in [0.5, 0.6) is 0 Å². The molecule has 0 saturated heterocycles. The van der Waals surface area contributed by atoms with Crippen molar-refractivity contribution in [3.05, 3.63) is 0 Å². The zero-order valence-corrected chi connectivity index (χ0v) is 20.7. The van der Waals surface area contributed by atoms with E-state index < -0.39 is 5.97 Å². The maximum absolute atomic E-state index is 11.0. The van der Waals surface area contributed by atoms with Crippen molar-refractivity contribution in [2.45, 2.75) is 150 Å². The number of aliphatic carboxylic acids is 1. The third-order valence-corrected chi connectivity index (χ3v) is 7.41. The number of carboxylic acids is 1. The minimum absolute atomic E-state index is 0.312. The smallest absolute Gasteiger partial charge is 0.303 e. The fraction of sp³-hybridized carbons (Fsp3) is 0.963. The van der Waals surface area contributed by atoms with Crippen LogP contribution in [0.1, 0.15) is 150 Å². The average Bonchev–Trinajstić information content (AvgIpc) is 2.68. The first-order valence-corrected chi connectivity index (χ1v) is 13.1. The first-order valence-electron chi connectivity index (χ1n) is 13.1. The molecule has 1 N–H and O–H groups in total. The van der Waals surface area contributed by atoms with E-state index in [0.717, 1.165) is 12.8 Å². The van der Waals surface area contributed by atoms with E-state index in [0.29, 0.717) is 23.7 Å². The van der Waals surface area contributed by atoms with Crippen LogP contribution in [0.4, 0.5) is 0 Å². The molecule has 0 aromatic rings. The normalized spacial score (nSPS) is 14.1. The summed E-state index contributed by atoms with van der Waals surface area (Å²) in [5.74, 6) is 0.729. The summed E-state index contributed by atoms with van der Waals surface area (Å²) < 4.78 is 0. The van der Waals surface area contributed by atoms with Gasteiger partial charge in [-0.2, -0.15) is 0 Å². The molecule has 0 aromatic heterocycles. The summed E-state index contributed by atoms with van der Waals surface area (Å²) in [5, 5.41) is 9.03. The lowest BCUT2D eigenvalue weighted by molar-refractivity contribution is -0.137. The molecule has 0 rings (SSSR count). The SMILES string of the molecule is CCCCCCCCCCCCCC(CCCC(=O)O)C(C)(C)C(C)CCCC. The molecular formula is C27H54O2. The minimum Gasteiger partial charge on any atom is -0.481 e. The third-order valence-electron chi connectivity index (χ3n) is 7.41. The van der Waals surface area contributed by atoms with Gasteiger partial charge in [0.15, 0.2) is 0 Å². The average molecular weight is 411 g/mol. The van der Waals surface area contributed by atoms with Crippen LogP contribution in [-0.4, -0.2) is 11.1 Å². The van der Waals surface area contributed by atoms with E-state index in [9.17, 15) is 4.79 Å². The second kappa shape index (κ2) is 18.3. The highest BCUT2D eigenvalue weighted by atomic mass is 16.4. The van der Waals surface area contributed by atoms with Gasteiger partial charge in [0.1, 0.15) is 0 Å². The van der Waals surface area contributed by atoms with Gasteiger partial charge >= 0.3 is 5.97 Å². The monoisotopic (exact) mass is 410 g/mol. The molecule has 0 fully saturated rings. The van der Waals surface area contributed by atoms with Gasteiger partial charge in [0.2, 0.25) is 0 Å². The van der Waals surface area contributed by atoms with Gasteiger partial charge in [-0.05, 0) is 36.5 Å². The summed E-state index contributed by atoms with van der Waals surface area (Å²) in [6.07, 6.45) is 22.7. The molecule has 0 aliphatic heterocycles. The minimum atomic E-state index is -0.643. The van der Waals surface area contributed by atoms with Crippen molar-refractivity contribution in [3.63, 3.8) is 0 Å². The molecule has 2 nitrogen and oxygen atoms in total. The van der Waals surface area contributed by atoms with Gasteiger partial charge in [-0.3, -0.25) is 4.79 Å². The standard InChI is InChI=1S/C27H54O2/c1-6-8-10-11-12-13-14-15-16-17-18-21-25(22-19-23-26(28)29)27(4,5)24(3)20-9-7-2/h24-25H,6-23H2,1-5H3,(H,28,29). The molecular weight excluding hydrogens is 356 g/mol. The fourth-order valence-corrected chi connectivity index (χ4v) is 4.73. The predicted molar refractivity (Wildman–Crippen MR) is 129 cm³/mol. The number of hydrogen-bond donors (Lipinski definition) is 1. The van der Waals surface area contributed by atoms with Crippen molar-refractivity contribution < 1.29 is 9.90 Å². The lowest BCUT2D eigenvalue weighted by Crippen LogP contribution is -2.31. The Hall–Kier alpha value is -0.530. The van der Waals surface area contributed by atoms with E-state index in [4.69, 9.17) is 5.11 Å². The Kier molecular flexibility index (Phi) is 17.9. The van der Waals surface area contributed by atoms with E-state index in [1.54, 1.807) is 0 Å². The van der Waals surface area contributed by atoms with Gasteiger partial charge in [-0.15, -0.1) is 0 Å². The Bertz CT molecular complexity index is 375. The predicted octanol–water partition coefficient (Wildman–Crippen LogP) is 9.41. The molecule has 0 spiro atoms. The van der Waals surface area contributed by atoms with Crippen molar-refractivity contribution in [1.29, 1.82) is 0 Å². The zero-order chi connectivity index (χ0) is 22.0. The van der Waals surface area contributed by atoms with Gasteiger partial charge in [-0.25, -0.2) is 0 Å². The number of carbonyl (C=O) groups is 1. The van der Waals surface area contributed by atoms with E-state index >= 15 is 0 Å². The Balaban J connectivity index is 4.19. The molecule has 2 heteroatoms.